The van der Waals surface area contributed by atoms with Crippen molar-refractivity contribution in [3.63, 3.8) is 0 Å². The molecule has 0 saturated carbocycles. The predicted molar refractivity (Wildman–Crippen MR) is 85.7 cm³/mol. The average molecular weight is 312 g/mol. The van der Waals surface area contributed by atoms with E-state index in [0.717, 1.165) is 10.1 Å². The highest BCUT2D eigenvalue weighted by Crippen LogP contribution is 2.11. The number of hydrogen-bond acceptors (Lipinski definition) is 4. The van der Waals surface area contributed by atoms with Gasteiger partial charge in [0.05, 0.1) is 12.9 Å². The molecular formula is C16H16N4O3. The molecule has 7 heteroatoms. The Morgan fingerprint density at radius 1 is 1.13 bits per heavy atom. The van der Waals surface area contributed by atoms with Gasteiger partial charge in [-0.3, -0.25) is 18.7 Å². The van der Waals surface area contributed by atoms with E-state index in [1.165, 1.54) is 22.5 Å². The highest BCUT2D eigenvalue weighted by atomic mass is 16.2. The van der Waals surface area contributed by atoms with Crippen molar-refractivity contribution in [2.45, 2.75) is 13.5 Å². The molecule has 0 saturated heterocycles. The number of Topliss-reactive ketones (excluding diaryl/α,β-unsaturated/α-hetero) is 1. The summed E-state index contributed by atoms with van der Waals surface area (Å²) >= 11 is 0. The van der Waals surface area contributed by atoms with Crippen LogP contribution in [0.15, 0.2) is 40.2 Å². The number of imidazole rings is 1. The van der Waals surface area contributed by atoms with Crippen molar-refractivity contribution in [3.05, 3.63) is 62.6 Å². The Balaban J connectivity index is 2.12. The molecule has 118 valence electrons. The van der Waals surface area contributed by atoms with Crippen molar-refractivity contribution in [2.75, 3.05) is 0 Å². The van der Waals surface area contributed by atoms with Gasteiger partial charge in [-0.25, -0.2) is 9.78 Å². The molecule has 0 bridgehead atoms. The first-order valence-electron chi connectivity index (χ1n) is 7.11. The molecule has 3 rings (SSSR count). The van der Waals surface area contributed by atoms with Crippen molar-refractivity contribution >= 4 is 16.9 Å². The molecule has 0 spiro atoms. The van der Waals surface area contributed by atoms with Gasteiger partial charge >= 0.3 is 5.69 Å². The maximum atomic E-state index is 12.5. The van der Waals surface area contributed by atoms with Gasteiger partial charge in [-0.05, 0) is 12.5 Å². The Bertz CT molecular complexity index is 1040. The molecule has 0 N–H and O–H groups in total. The van der Waals surface area contributed by atoms with Crippen LogP contribution in [0, 0.1) is 6.92 Å². The van der Waals surface area contributed by atoms with E-state index < -0.39 is 11.2 Å². The highest BCUT2D eigenvalue weighted by Gasteiger charge is 2.17. The molecule has 0 unspecified atom stereocenters. The lowest BCUT2D eigenvalue weighted by molar-refractivity contribution is 0.0972. The number of fused-ring (bicyclic) bond motifs is 1. The number of nitrogens with zero attached hydrogens (tertiary/aromatic N) is 4. The third-order valence-corrected chi connectivity index (χ3v) is 3.98. The number of ketones is 1. The molecule has 0 radical (unpaired) electrons. The fraction of sp³-hybridized carbons (Fsp3) is 0.250. The van der Waals surface area contributed by atoms with Gasteiger partial charge in [-0.1, -0.05) is 24.3 Å². The van der Waals surface area contributed by atoms with Gasteiger partial charge in [-0.2, -0.15) is 0 Å². The SMILES string of the molecule is Cc1ccccc1C(=O)Cn1cnc2c1c(=O)n(C)c(=O)n2C. The predicted octanol–water partition coefficient (Wildman–Crippen LogP) is 0.625. The Morgan fingerprint density at radius 2 is 1.83 bits per heavy atom. The zero-order valence-corrected chi connectivity index (χ0v) is 13.1. The van der Waals surface area contributed by atoms with Crippen molar-refractivity contribution in [1.29, 1.82) is 0 Å². The molecule has 0 aliphatic carbocycles. The maximum absolute atomic E-state index is 12.5. The third kappa shape index (κ3) is 2.30. The van der Waals surface area contributed by atoms with Crippen molar-refractivity contribution in [1.82, 2.24) is 18.7 Å². The molecule has 0 amide bonds. The number of benzene rings is 1. The second-order valence-corrected chi connectivity index (χ2v) is 5.49. The first-order chi connectivity index (χ1) is 10.9. The van der Waals surface area contributed by atoms with Crippen LogP contribution >= 0.6 is 0 Å². The normalized spacial score (nSPS) is 11.1. The third-order valence-electron chi connectivity index (χ3n) is 3.98. The van der Waals surface area contributed by atoms with Gasteiger partial charge in [0, 0.05) is 19.7 Å². The molecule has 0 aliphatic heterocycles. The molecule has 2 aromatic heterocycles. The van der Waals surface area contributed by atoms with Gasteiger partial charge in [0.25, 0.3) is 5.56 Å². The Labute approximate surface area is 131 Å². The standard InChI is InChI=1S/C16H16N4O3/c1-10-6-4-5-7-11(10)12(21)8-20-9-17-14-13(20)15(22)19(3)16(23)18(14)2/h4-7,9H,8H2,1-3H3. The zero-order chi connectivity index (χ0) is 16.7. The van der Waals surface area contributed by atoms with Crippen molar-refractivity contribution in [2.24, 2.45) is 14.1 Å². The molecule has 0 aliphatic rings. The van der Waals surface area contributed by atoms with Crippen LogP contribution in [0.3, 0.4) is 0 Å². The molecule has 3 aromatic rings. The van der Waals surface area contributed by atoms with E-state index >= 15 is 0 Å². The van der Waals surface area contributed by atoms with Gasteiger partial charge < -0.3 is 4.57 Å². The number of rotatable bonds is 3. The van der Waals surface area contributed by atoms with Crippen LogP contribution < -0.4 is 11.2 Å². The van der Waals surface area contributed by atoms with E-state index in [2.05, 4.69) is 4.98 Å². The first kappa shape index (κ1) is 15.0. The van der Waals surface area contributed by atoms with Gasteiger partial charge in [-0.15, -0.1) is 0 Å². The molecule has 0 atom stereocenters. The first-order valence-corrected chi connectivity index (χ1v) is 7.11. The molecule has 0 fully saturated rings. The van der Waals surface area contributed by atoms with Gasteiger partial charge in [0.1, 0.15) is 0 Å². The Kier molecular flexibility index (Phi) is 3.48. The van der Waals surface area contributed by atoms with Gasteiger partial charge in [0.15, 0.2) is 16.9 Å². The monoisotopic (exact) mass is 312 g/mol. The summed E-state index contributed by atoms with van der Waals surface area (Å²) in [7, 11) is 2.95. The fourth-order valence-electron chi connectivity index (χ4n) is 2.64. The van der Waals surface area contributed by atoms with Crippen LogP contribution in [0.4, 0.5) is 0 Å². The lowest BCUT2D eigenvalue weighted by Gasteiger charge is -2.07. The number of carbonyl (C=O) groups is 1. The summed E-state index contributed by atoms with van der Waals surface area (Å²) in [5.41, 5.74) is 1.10. The van der Waals surface area contributed by atoms with Crippen LogP contribution in [-0.2, 0) is 20.6 Å². The maximum Gasteiger partial charge on any atom is 0.332 e. The second kappa shape index (κ2) is 5.35. The van der Waals surface area contributed by atoms with E-state index in [-0.39, 0.29) is 23.5 Å². The van der Waals surface area contributed by atoms with E-state index in [1.807, 2.05) is 19.1 Å². The minimum atomic E-state index is -0.460. The van der Waals surface area contributed by atoms with E-state index in [0.29, 0.717) is 5.56 Å². The fourth-order valence-corrected chi connectivity index (χ4v) is 2.64. The number of carbonyl (C=O) groups excluding carboxylic acids is 1. The van der Waals surface area contributed by atoms with Crippen LogP contribution in [-0.4, -0.2) is 24.5 Å². The Morgan fingerprint density at radius 3 is 2.52 bits per heavy atom. The van der Waals surface area contributed by atoms with E-state index in [9.17, 15) is 14.4 Å². The largest absolute Gasteiger partial charge is 0.332 e. The van der Waals surface area contributed by atoms with Crippen molar-refractivity contribution in [3.8, 4) is 0 Å². The summed E-state index contributed by atoms with van der Waals surface area (Å²) < 4.78 is 3.80. The Hall–Kier alpha value is -2.96. The van der Waals surface area contributed by atoms with E-state index in [1.54, 1.807) is 19.2 Å². The summed E-state index contributed by atoms with van der Waals surface area (Å²) in [6.45, 7) is 1.86. The minimum Gasteiger partial charge on any atom is -0.317 e. The average Bonchev–Trinajstić information content (AvgIpc) is 2.95. The summed E-state index contributed by atoms with van der Waals surface area (Å²) in [6, 6.07) is 7.28. The summed E-state index contributed by atoms with van der Waals surface area (Å²) in [6.07, 6.45) is 1.42. The molecule has 2 heterocycles. The molecular weight excluding hydrogens is 296 g/mol. The summed E-state index contributed by atoms with van der Waals surface area (Å²) in [5, 5.41) is 0. The lowest BCUT2D eigenvalue weighted by atomic mass is 10.1. The topological polar surface area (TPSA) is 78.9 Å². The van der Waals surface area contributed by atoms with E-state index in [4.69, 9.17) is 0 Å². The second-order valence-electron chi connectivity index (χ2n) is 5.49. The van der Waals surface area contributed by atoms with Gasteiger partial charge in [0.2, 0.25) is 0 Å². The summed E-state index contributed by atoms with van der Waals surface area (Å²) in [5.74, 6) is -0.113. The smallest absolute Gasteiger partial charge is 0.317 e. The molecule has 23 heavy (non-hydrogen) atoms. The van der Waals surface area contributed by atoms with Crippen molar-refractivity contribution < 1.29 is 4.79 Å². The zero-order valence-electron chi connectivity index (χ0n) is 13.1. The molecule has 1 aromatic carbocycles. The highest BCUT2D eigenvalue weighted by molar-refractivity contribution is 5.97. The molecule has 7 nitrogen and oxygen atoms in total. The quantitative estimate of drug-likeness (QED) is 0.664. The van der Waals surface area contributed by atoms with Crippen LogP contribution in [0.1, 0.15) is 15.9 Å². The summed E-state index contributed by atoms with van der Waals surface area (Å²) in [4.78, 5) is 40.9. The minimum absolute atomic E-state index is 0.00516. The number of aromatic nitrogens is 4. The number of aryl methyl sites for hydroxylation is 2. The van der Waals surface area contributed by atoms with Crippen LogP contribution in [0.2, 0.25) is 0 Å². The van der Waals surface area contributed by atoms with Crippen LogP contribution in [0.25, 0.3) is 11.2 Å². The lowest BCUT2D eigenvalue weighted by Crippen LogP contribution is -2.37. The number of hydrogen-bond donors (Lipinski definition) is 0. The van der Waals surface area contributed by atoms with Crippen LogP contribution in [0.5, 0.6) is 0 Å².